The van der Waals surface area contributed by atoms with Crippen LogP contribution in [0.2, 0.25) is 0 Å². The van der Waals surface area contributed by atoms with Crippen LogP contribution in [0.4, 0.5) is 0 Å². The van der Waals surface area contributed by atoms with Crippen molar-refractivity contribution in [3.05, 3.63) is 36.5 Å². The molecule has 0 radical (unpaired) electrons. The number of hydrogen-bond donors (Lipinski definition) is 6. The van der Waals surface area contributed by atoms with E-state index in [-0.39, 0.29) is 12.5 Å². The molecule has 1 rings (SSSR count). The summed E-state index contributed by atoms with van der Waals surface area (Å²) in [7, 11) is 0. The molecule has 1 amide bonds. The molecule has 1 aliphatic heterocycles. The Labute approximate surface area is 330 Å². The highest BCUT2D eigenvalue weighted by molar-refractivity contribution is 5.76. The van der Waals surface area contributed by atoms with Crippen molar-refractivity contribution in [2.75, 3.05) is 13.2 Å². The lowest BCUT2D eigenvalue weighted by molar-refractivity contribution is -0.302. The van der Waals surface area contributed by atoms with Crippen LogP contribution in [0.25, 0.3) is 0 Å². The van der Waals surface area contributed by atoms with Gasteiger partial charge in [0.05, 0.1) is 25.4 Å². The van der Waals surface area contributed by atoms with Crippen LogP contribution in [0, 0.1) is 0 Å². The van der Waals surface area contributed by atoms with Gasteiger partial charge in [-0.25, -0.2) is 0 Å². The van der Waals surface area contributed by atoms with E-state index in [9.17, 15) is 30.3 Å². The molecule has 54 heavy (non-hydrogen) atoms. The molecular weight excluding hydrogens is 682 g/mol. The minimum atomic E-state index is -1.57. The fourth-order valence-corrected chi connectivity index (χ4v) is 6.81. The van der Waals surface area contributed by atoms with E-state index >= 15 is 0 Å². The van der Waals surface area contributed by atoms with Gasteiger partial charge in [-0.2, -0.15) is 0 Å². The van der Waals surface area contributed by atoms with Crippen molar-refractivity contribution >= 4 is 5.91 Å². The first-order valence-corrected chi connectivity index (χ1v) is 22.2. The largest absolute Gasteiger partial charge is 0.394 e. The summed E-state index contributed by atoms with van der Waals surface area (Å²) in [5.74, 6) is -0.191. The quantitative estimate of drug-likeness (QED) is 0.0274. The third kappa shape index (κ3) is 26.3. The molecule has 0 aromatic rings. The van der Waals surface area contributed by atoms with Gasteiger partial charge in [-0.15, -0.1) is 0 Å². The zero-order chi connectivity index (χ0) is 39.5. The van der Waals surface area contributed by atoms with Crippen LogP contribution in [0.1, 0.15) is 187 Å². The third-order valence-electron chi connectivity index (χ3n) is 10.4. The number of carbonyl (C=O) groups is 1. The topological polar surface area (TPSA) is 149 Å². The minimum absolute atomic E-state index is 0.191. The monoisotopic (exact) mass is 766 g/mol. The highest BCUT2D eigenvalue weighted by Crippen LogP contribution is 2.22. The molecule has 0 aliphatic carbocycles. The van der Waals surface area contributed by atoms with Crippen LogP contribution in [0.5, 0.6) is 0 Å². The average Bonchev–Trinajstić information content (AvgIpc) is 3.17. The normalized spacial score (nSPS) is 21.8. The SMILES string of the molecule is CCCCCC/C=C/CC/C=C/[C@@H](O)[C@H](CO[C@H]1O[C@@H](CO)[C@H](O)C(O)C1O)NC(=O)CCCCCCCCCCCCC/C=C/CCCCCCCC. The summed E-state index contributed by atoms with van der Waals surface area (Å²) in [6.45, 7) is 3.70. The Morgan fingerprint density at radius 1 is 0.611 bits per heavy atom. The van der Waals surface area contributed by atoms with E-state index in [1.807, 2.05) is 6.08 Å². The van der Waals surface area contributed by atoms with Crippen LogP contribution in [0.15, 0.2) is 36.5 Å². The van der Waals surface area contributed by atoms with Gasteiger partial charge in [-0.3, -0.25) is 4.79 Å². The van der Waals surface area contributed by atoms with E-state index in [4.69, 9.17) is 9.47 Å². The highest BCUT2D eigenvalue weighted by atomic mass is 16.7. The Bertz CT molecular complexity index is 941. The molecule has 0 spiro atoms. The van der Waals surface area contributed by atoms with Gasteiger partial charge in [0.1, 0.15) is 24.4 Å². The maximum absolute atomic E-state index is 12.9. The van der Waals surface area contributed by atoms with Crippen LogP contribution >= 0.6 is 0 Å². The molecular formula is C45H83NO8. The molecule has 1 fully saturated rings. The first-order valence-electron chi connectivity index (χ1n) is 22.2. The Morgan fingerprint density at radius 3 is 1.57 bits per heavy atom. The fourth-order valence-electron chi connectivity index (χ4n) is 6.81. The van der Waals surface area contributed by atoms with Crippen molar-refractivity contribution in [1.82, 2.24) is 5.32 Å². The van der Waals surface area contributed by atoms with E-state index in [0.29, 0.717) is 6.42 Å². The van der Waals surface area contributed by atoms with Gasteiger partial charge < -0.3 is 40.3 Å². The molecule has 1 heterocycles. The highest BCUT2D eigenvalue weighted by Gasteiger charge is 2.44. The molecule has 0 bridgehead atoms. The van der Waals surface area contributed by atoms with Gasteiger partial charge in [0.25, 0.3) is 0 Å². The van der Waals surface area contributed by atoms with Crippen molar-refractivity contribution in [2.24, 2.45) is 0 Å². The van der Waals surface area contributed by atoms with Crippen LogP contribution < -0.4 is 5.32 Å². The van der Waals surface area contributed by atoms with Gasteiger partial charge in [-0.05, 0) is 57.8 Å². The summed E-state index contributed by atoms with van der Waals surface area (Å²) in [5.41, 5.74) is 0. The number of amides is 1. The zero-order valence-corrected chi connectivity index (χ0v) is 34.5. The van der Waals surface area contributed by atoms with Crippen molar-refractivity contribution in [2.45, 2.75) is 230 Å². The molecule has 9 nitrogen and oxygen atoms in total. The molecule has 7 atom stereocenters. The molecule has 6 N–H and O–H groups in total. The number of ether oxygens (including phenoxy) is 2. The standard InChI is InChI=1S/C45H83NO8/c1-3-5-7-9-11-13-15-16-17-18-19-20-21-22-23-24-25-27-29-31-33-35-41(49)46-38(37-53-45-44(52)43(51)42(50)40(36-47)54-45)39(48)34-32-30-28-26-14-12-10-8-6-4-2/h14,16-17,26,32,34,38-40,42-45,47-48,50-52H,3-13,15,18-25,27-31,33,35-37H2,1-2H3,(H,46,49)/b17-16+,26-14+,34-32+/t38-,39+,40-,42-,43?,44?,45-/m0/s1. The fraction of sp³-hybridized carbons (Fsp3) is 0.844. The lowest BCUT2D eigenvalue weighted by atomic mass is 9.99. The Hall–Kier alpha value is -1.59. The Kier molecular flexibility index (Phi) is 33.4. The number of unbranched alkanes of at least 4 members (excludes halogenated alkanes) is 22. The molecule has 316 valence electrons. The molecule has 0 aromatic heterocycles. The first kappa shape index (κ1) is 50.4. The number of nitrogens with one attached hydrogen (secondary N) is 1. The number of carbonyl (C=O) groups excluding carboxylic acids is 1. The zero-order valence-electron chi connectivity index (χ0n) is 34.5. The third-order valence-corrected chi connectivity index (χ3v) is 10.4. The molecule has 1 aliphatic rings. The van der Waals surface area contributed by atoms with Crippen LogP contribution in [-0.4, -0.2) is 87.5 Å². The molecule has 2 unspecified atom stereocenters. The lowest BCUT2D eigenvalue weighted by Gasteiger charge is -2.40. The van der Waals surface area contributed by atoms with Crippen LogP contribution in [0.3, 0.4) is 0 Å². The second-order valence-corrected chi connectivity index (χ2v) is 15.5. The summed E-state index contributed by atoms with van der Waals surface area (Å²) in [5, 5.41) is 54.0. The predicted molar refractivity (Wildman–Crippen MR) is 221 cm³/mol. The number of hydrogen-bond acceptors (Lipinski definition) is 8. The summed E-state index contributed by atoms with van der Waals surface area (Å²) in [6, 6.07) is -0.818. The Morgan fingerprint density at radius 2 is 1.06 bits per heavy atom. The van der Waals surface area contributed by atoms with Crippen molar-refractivity contribution in [3.63, 3.8) is 0 Å². The number of aliphatic hydroxyl groups is 5. The molecule has 0 saturated carbocycles. The summed E-state index contributed by atoms with van der Waals surface area (Å²) < 4.78 is 11.2. The van der Waals surface area contributed by atoms with Crippen LogP contribution in [-0.2, 0) is 14.3 Å². The molecule has 0 aromatic carbocycles. The summed E-state index contributed by atoms with van der Waals surface area (Å²) in [4.78, 5) is 12.9. The van der Waals surface area contributed by atoms with Gasteiger partial charge in [-0.1, -0.05) is 159 Å². The minimum Gasteiger partial charge on any atom is -0.394 e. The summed E-state index contributed by atoms with van der Waals surface area (Å²) >= 11 is 0. The predicted octanol–water partition coefficient (Wildman–Crippen LogP) is 8.89. The van der Waals surface area contributed by atoms with Crippen molar-refractivity contribution in [3.8, 4) is 0 Å². The Balaban J connectivity index is 2.30. The maximum Gasteiger partial charge on any atom is 0.220 e. The molecule has 9 heteroatoms. The first-order chi connectivity index (χ1) is 26.3. The molecule has 1 saturated heterocycles. The van der Waals surface area contributed by atoms with Crippen molar-refractivity contribution < 1.29 is 39.8 Å². The smallest absolute Gasteiger partial charge is 0.220 e. The second-order valence-electron chi connectivity index (χ2n) is 15.5. The van der Waals surface area contributed by atoms with Gasteiger partial charge in [0.15, 0.2) is 6.29 Å². The summed E-state index contributed by atoms with van der Waals surface area (Å²) in [6.07, 6.45) is 36.3. The van der Waals surface area contributed by atoms with E-state index in [0.717, 1.165) is 38.5 Å². The van der Waals surface area contributed by atoms with E-state index in [1.54, 1.807) is 6.08 Å². The van der Waals surface area contributed by atoms with E-state index in [2.05, 4.69) is 43.5 Å². The second kappa shape index (κ2) is 35.8. The van der Waals surface area contributed by atoms with Gasteiger partial charge >= 0.3 is 0 Å². The van der Waals surface area contributed by atoms with Gasteiger partial charge in [0, 0.05) is 6.42 Å². The lowest BCUT2D eigenvalue weighted by Crippen LogP contribution is -2.60. The van der Waals surface area contributed by atoms with E-state index < -0.39 is 49.5 Å². The maximum atomic E-state index is 12.9. The van der Waals surface area contributed by atoms with E-state index in [1.165, 1.54) is 128 Å². The van der Waals surface area contributed by atoms with Crippen molar-refractivity contribution in [1.29, 1.82) is 0 Å². The number of rotatable bonds is 36. The van der Waals surface area contributed by atoms with Gasteiger partial charge in [0.2, 0.25) is 5.91 Å². The number of allylic oxidation sites excluding steroid dienone is 5. The average molecular weight is 766 g/mol. The number of aliphatic hydroxyl groups excluding tert-OH is 5.